The molecule has 8 aromatic carbocycles. The van der Waals surface area contributed by atoms with E-state index in [0.29, 0.717) is 17.5 Å². The smallest absolute Gasteiger partial charge is 0.164 e. The SMILES string of the molecule is c1ccc(-c2ccc(-c3nc(-c4cccc(-c5cccc(-c6ccccc6)c5-c5ccccc5)c4)nc(-c4ccc5ccccc5c4)n3)cc2)cc1. The fraction of sp³-hybridized carbons (Fsp3) is 0. The van der Waals surface area contributed by atoms with E-state index in [9.17, 15) is 0 Å². The summed E-state index contributed by atoms with van der Waals surface area (Å²) in [5.74, 6) is 1.90. The second kappa shape index (κ2) is 13.7. The highest BCUT2D eigenvalue weighted by Gasteiger charge is 2.17. The van der Waals surface area contributed by atoms with E-state index in [0.717, 1.165) is 38.8 Å². The number of aromatic nitrogens is 3. The highest BCUT2D eigenvalue weighted by Crippen LogP contribution is 2.41. The van der Waals surface area contributed by atoms with Crippen molar-refractivity contribution in [1.29, 1.82) is 0 Å². The maximum atomic E-state index is 5.13. The van der Waals surface area contributed by atoms with Crippen molar-refractivity contribution >= 4 is 10.8 Å². The molecule has 0 atom stereocenters. The fourth-order valence-corrected chi connectivity index (χ4v) is 6.93. The van der Waals surface area contributed by atoms with Gasteiger partial charge in [0.2, 0.25) is 0 Å². The van der Waals surface area contributed by atoms with E-state index in [1.165, 1.54) is 33.2 Å². The highest BCUT2D eigenvalue weighted by molar-refractivity contribution is 5.95. The number of nitrogens with zero attached hydrogens (tertiary/aromatic N) is 3. The van der Waals surface area contributed by atoms with Crippen LogP contribution in [0.4, 0.5) is 0 Å². The Morgan fingerprint density at radius 1 is 0.231 bits per heavy atom. The van der Waals surface area contributed by atoms with Crippen LogP contribution in [0.2, 0.25) is 0 Å². The summed E-state index contributed by atoms with van der Waals surface area (Å²) in [6, 6.07) is 70.0. The van der Waals surface area contributed by atoms with Gasteiger partial charge in [-0.3, -0.25) is 0 Å². The molecule has 3 heteroatoms. The Labute approximate surface area is 303 Å². The normalized spacial score (nSPS) is 11.1. The zero-order valence-electron chi connectivity index (χ0n) is 28.4. The second-order valence-electron chi connectivity index (χ2n) is 12.9. The predicted molar refractivity (Wildman–Crippen MR) is 215 cm³/mol. The lowest BCUT2D eigenvalue weighted by Crippen LogP contribution is -2.00. The minimum Gasteiger partial charge on any atom is -0.208 e. The van der Waals surface area contributed by atoms with Crippen molar-refractivity contribution < 1.29 is 0 Å². The molecular formula is C49H33N3. The Hall–Kier alpha value is -6.97. The van der Waals surface area contributed by atoms with Gasteiger partial charge in [-0.25, -0.2) is 15.0 Å². The molecule has 1 aromatic heterocycles. The number of hydrogen-bond acceptors (Lipinski definition) is 3. The summed E-state index contributed by atoms with van der Waals surface area (Å²) in [5.41, 5.74) is 12.1. The van der Waals surface area contributed by atoms with Crippen LogP contribution in [0.5, 0.6) is 0 Å². The molecule has 0 saturated heterocycles. The Morgan fingerprint density at radius 2 is 0.654 bits per heavy atom. The quantitative estimate of drug-likeness (QED) is 0.170. The molecule has 0 fully saturated rings. The van der Waals surface area contributed by atoms with Crippen LogP contribution < -0.4 is 0 Å². The van der Waals surface area contributed by atoms with Crippen molar-refractivity contribution in [3.05, 3.63) is 200 Å². The summed E-state index contributed by atoms with van der Waals surface area (Å²) in [6.45, 7) is 0. The van der Waals surface area contributed by atoms with Crippen LogP contribution in [0.3, 0.4) is 0 Å². The van der Waals surface area contributed by atoms with Gasteiger partial charge in [-0.05, 0) is 67.4 Å². The van der Waals surface area contributed by atoms with E-state index in [-0.39, 0.29) is 0 Å². The van der Waals surface area contributed by atoms with Gasteiger partial charge >= 0.3 is 0 Å². The molecule has 0 aliphatic heterocycles. The molecule has 0 aliphatic rings. The van der Waals surface area contributed by atoms with E-state index in [4.69, 9.17) is 15.0 Å². The van der Waals surface area contributed by atoms with Gasteiger partial charge in [0.05, 0.1) is 0 Å². The first-order valence-corrected chi connectivity index (χ1v) is 17.5. The van der Waals surface area contributed by atoms with Crippen molar-refractivity contribution in [2.75, 3.05) is 0 Å². The molecule has 0 N–H and O–H groups in total. The Morgan fingerprint density at radius 3 is 1.33 bits per heavy atom. The van der Waals surface area contributed by atoms with Gasteiger partial charge in [0.25, 0.3) is 0 Å². The summed E-state index contributed by atoms with van der Waals surface area (Å²) < 4.78 is 0. The number of rotatable bonds is 7. The van der Waals surface area contributed by atoms with Crippen molar-refractivity contribution in [2.24, 2.45) is 0 Å². The summed E-state index contributed by atoms with van der Waals surface area (Å²) in [5, 5.41) is 2.32. The van der Waals surface area contributed by atoms with Gasteiger partial charge in [0.1, 0.15) is 0 Å². The predicted octanol–water partition coefficient (Wildman–Crippen LogP) is 12.7. The molecule has 1 heterocycles. The Balaban J connectivity index is 1.19. The highest BCUT2D eigenvalue weighted by atomic mass is 15.0. The van der Waals surface area contributed by atoms with Crippen molar-refractivity contribution in [3.63, 3.8) is 0 Å². The molecule has 0 amide bonds. The Kier molecular flexibility index (Phi) is 8.20. The summed E-state index contributed by atoms with van der Waals surface area (Å²) in [7, 11) is 0. The molecule has 0 saturated carbocycles. The standard InChI is InChI=1S/C49H33N3/c1-4-14-34(15-5-1)36-26-29-39(30-27-36)47-50-48(52-49(51-47)43-31-28-35-16-10-11-21-40(35)32-43)42-23-12-22-41(33-42)45-25-13-24-44(37-17-6-2-7-18-37)46(45)38-19-8-3-9-20-38/h1-33H. The molecule has 0 radical (unpaired) electrons. The molecule has 0 bridgehead atoms. The molecule has 9 rings (SSSR count). The first-order valence-electron chi connectivity index (χ1n) is 17.5. The maximum absolute atomic E-state index is 5.13. The fourth-order valence-electron chi connectivity index (χ4n) is 6.93. The van der Waals surface area contributed by atoms with Gasteiger partial charge in [-0.15, -0.1) is 0 Å². The topological polar surface area (TPSA) is 38.7 Å². The van der Waals surface area contributed by atoms with Crippen LogP contribution in [0.1, 0.15) is 0 Å². The van der Waals surface area contributed by atoms with E-state index in [2.05, 4.69) is 194 Å². The third kappa shape index (κ3) is 6.17. The maximum Gasteiger partial charge on any atom is 0.164 e. The molecule has 0 aliphatic carbocycles. The van der Waals surface area contributed by atoms with Gasteiger partial charge in [-0.1, -0.05) is 188 Å². The van der Waals surface area contributed by atoms with Crippen LogP contribution in [0, 0.1) is 0 Å². The van der Waals surface area contributed by atoms with Crippen molar-refractivity contribution in [2.45, 2.75) is 0 Å². The number of hydrogen-bond donors (Lipinski definition) is 0. The van der Waals surface area contributed by atoms with Gasteiger partial charge in [0.15, 0.2) is 17.5 Å². The van der Waals surface area contributed by atoms with E-state index >= 15 is 0 Å². The molecule has 0 unspecified atom stereocenters. The third-order valence-corrected chi connectivity index (χ3v) is 9.54. The minimum atomic E-state index is 0.627. The van der Waals surface area contributed by atoms with Crippen LogP contribution in [0.15, 0.2) is 200 Å². The van der Waals surface area contributed by atoms with E-state index in [1.54, 1.807) is 0 Å². The molecule has 3 nitrogen and oxygen atoms in total. The van der Waals surface area contributed by atoms with E-state index < -0.39 is 0 Å². The zero-order valence-corrected chi connectivity index (χ0v) is 28.4. The van der Waals surface area contributed by atoms with Crippen LogP contribution >= 0.6 is 0 Å². The van der Waals surface area contributed by atoms with Crippen LogP contribution in [0.25, 0.3) is 89.4 Å². The number of fused-ring (bicyclic) bond motifs is 1. The lowest BCUT2D eigenvalue weighted by Gasteiger charge is -2.17. The molecule has 52 heavy (non-hydrogen) atoms. The summed E-state index contributed by atoms with van der Waals surface area (Å²) in [4.78, 5) is 15.3. The van der Waals surface area contributed by atoms with Crippen molar-refractivity contribution in [3.8, 4) is 78.7 Å². The lowest BCUT2D eigenvalue weighted by atomic mass is 9.87. The van der Waals surface area contributed by atoms with E-state index in [1.807, 2.05) is 6.07 Å². The van der Waals surface area contributed by atoms with Gasteiger partial charge < -0.3 is 0 Å². The molecule has 244 valence electrons. The largest absolute Gasteiger partial charge is 0.208 e. The minimum absolute atomic E-state index is 0.627. The number of benzene rings is 8. The first kappa shape index (κ1) is 31.0. The monoisotopic (exact) mass is 663 g/mol. The molecular weight excluding hydrogens is 631 g/mol. The Bertz CT molecular complexity index is 2650. The summed E-state index contributed by atoms with van der Waals surface area (Å²) in [6.07, 6.45) is 0. The lowest BCUT2D eigenvalue weighted by molar-refractivity contribution is 1.07. The summed E-state index contributed by atoms with van der Waals surface area (Å²) >= 11 is 0. The average Bonchev–Trinajstić information content (AvgIpc) is 3.24. The van der Waals surface area contributed by atoms with Gasteiger partial charge in [-0.2, -0.15) is 0 Å². The molecule has 9 aromatic rings. The van der Waals surface area contributed by atoms with Crippen LogP contribution in [-0.4, -0.2) is 15.0 Å². The van der Waals surface area contributed by atoms with Gasteiger partial charge in [0, 0.05) is 16.7 Å². The average molecular weight is 664 g/mol. The van der Waals surface area contributed by atoms with Crippen molar-refractivity contribution in [1.82, 2.24) is 15.0 Å². The molecule has 0 spiro atoms. The van der Waals surface area contributed by atoms with Crippen LogP contribution in [-0.2, 0) is 0 Å². The second-order valence-corrected chi connectivity index (χ2v) is 12.9. The first-order chi connectivity index (χ1) is 25.8. The third-order valence-electron chi connectivity index (χ3n) is 9.54. The zero-order chi connectivity index (χ0) is 34.7.